The van der Waals surface area contributed by atoms with Crippen LogP contribution in [0.3, 0.4) is 0 Å². The van der Waals surface area contributed by atoms with Crippen LogP contribution >= 0.6 is 23.2 Å². The predicted octanol–water partition coefficient (Wildman–Crippen LogP) is 4.00. The second-order valence-corrected chi connectivity index (χ2v) is 6.84. The fourth-order valence-corrected chi connectivity index (χ4v) is 3.11. The van der Waals surface area contributed by atoms with Crippen LogP contribution in [0, 0.1) is 0 Å². The molecule has 110 valence electrons. The molecule has 0 atom stereocenters. The van der Waals surface area contributed by atoms with Crippen LogP contribution in [-0.2, 0) is 10.0 Å². The van der Waals surface area contributed by atoms with Gasteiger partial charge in [-0.15, -0.1) is 0 Å². The summed E-state index contributed by atoms with van der Waals surface area (Å²) >= 11 is 11.7. The SMILES string of the molecule is CC(=O)c1ccc(S(=O)(=O)Nc2cc(Cl)ccc2Cl)cc1. The summed E-state index contributed by atoms with van der Waals surface area (Å²) in [5.41, 5.74) is 0.634. The van der Waals surface area contributed by atoms with Crippen molar-refractivity contribution in [2.45, 2.75) is 11.8 Å². The zero-order chi connectivity index (χ0) is 15.6. The van der Waals surface area contributed by atoms with Crippen molar-refractivity contribution >= 4 is 44.7 Å². The first-order chi connectivity index (χ1) is 9.79. The molecule has 0 aliphatic rings. The Morgan fingerprint density at radius 1 is 1.05 bits per heavy atom. The smallest absolute Gasteiger partial charge is 0.261 e. The summed E-state index contributed by atoms with van der Waals surface area (Å²) in [6.07, 6.45) is 0. The molecule has 0 aliphatic carbocycles. The summed E-state index contributed by atoms with van der Waals surface area (Å²) in [6.45, 7) is 1.41. The van der Waals surface area contributed by atoms with E-state index in [4.69, 9.17) is 23.2 Å². The molecule has 0 saturated carbocycles. The third kappa shape index (κ3) is 3.75. The van der Waals surface area contributed by atoms with E-state index in [0.29, 0.717) is 10.6 Å². The number of halogens is 2. The summed E-state index contributed by atoms with van der Waals surface area (Å²) < 4.78 is 26.9. The molecule has 0 radical (unpaired) electrons. The molecule has 0 saturated heterocycles. The number of sulfonamides is 1. The van der Waals surface area contributed by atoms with Crippen LogP contribution in [0.15, 0.2) is 47.4 Å². The molecule has 1 N–H and O–H groups in total. The molecule has 0 aromatic heterocycles. The van der Waals surface area contributed by atoms with Gasteiger partial charge in [0.1, 0.15) is 0 Å². The third-order valence-electron chi connectivity index (χ3n) is 2.74. The molecule has 2 aromatic carbocycles. The van der Waals surface area contributed by atoms with Crippen LogP contribution in [0.4, 0.5) is 5.69 Å². The number of anilines is 1. The van der Waals surface area contributed by atoms with E-state index in [1.54, 1.807) is 6.07 Å². The third-order valence-corrected chi connectivity index (χ3v) is 4.69. The van der Waals surface area contributed by atoms with Gasteiger partial charge >= 0.3 is 0 Å². The van der Waals surface area contributed by atoms with E-state index in [2.05, 4.69) is 4.72 Å². The summed E-state index contributed by atoms with van der Waals surface area (Å²) in [5, 5.41) is 0.604. The molecule has 21 heavy (non-hydrogen) atoms. The van der Waals surface area contributed by atoms with Crippen molar-refractivity contribution < 1.29 is 13.2 Å². The number of hydrogen-bond acceptors (Lipinski definition) is 3. The minimum absolute atomic E-state index is 0.0311. The van der Waals surface area contributed by atoms with Gasteiger partial charge in [0.15, 0.2) is 5.78 Å². The second kappa shape index (κ2) is 6.05. The highest BCUT2D eigenvalue weighted by molar-refractivity contribution is 7.92. The Hall–Kier alpha value is -1.56. The standard InChI is InChI=1S/C14H11Cl2NO3S/c1-9(18)10-2-5-12(6-3-10)21(19,20)17-14-8-11(15)4-7-13(14)16/h2-8,17H,1H3. The Kier molecular flexibility index (Phi) is 4.56. The quantitative estimate of drug-likeness (QED) is 0.853. The molecule has 0 unspecified atom stereocenters. The largest absolute Gasteiger partial charge is 0.295 e. The topological polar surface area (TPSA) is 63.2 Å². The number of Topliss-reactive ketones (excluding diaryl/α,β-unsaturated/α-hetero) is 1. The van der Waals surface area contributed by atoms with Crippen LogP contribution in [0.1, 0.15) is 17.3 Å². The van der Waals surface area contributed by atoms with E-state index in [0.717, 1.165) is 0 Å². The molecule has 0 aliphatic heterocycles. The zero-order valence-corrected chi connectivity index (χ0v) is 13.3. The van der Waals surface area contributed by atoms with Crippen LogP contribution in [0.5, 0.6) is 0 Å². The average molecular weight is 344 g/mol. The average Bonchev–Trinajstić information content (AvgIpc) is 2.43. The van der Waals surface area contributed by atoms with Gasteiger partial charge < -0.3 is 0 Å². The Bertz CT molecular complexity index is 786. The minimum atomic E-state index is -3.80. The van der Waals surface area contributed by atoms with Crippen LogP contribution in [0.25, 0.3) is 0 Å². The lowest BCUT2D eigenvalue weighted by Crippen LogP contribution is -2.13. The van der Waals surface area contributed by atoms with Crippen LogP contribution in [-0.4, -0.2) is 14.2 Å². The molecule has 0 fully saturated rings. The Balaban J connectivity index is 2.34. The van der Waals surface area contributed by atoms with Gasteiger partial charge in [-0.05, 0) is 37.3 Å². The highest BCUT2D eigenvalue weighted by atomic mass is 35.5. The van der Waals surface area contributed by atoms with E-state index >= 15 is 0 Å². The summed E-state index contributed by atoms with van der Waals surface area (Å²) in [4.78, 5) is 11.2. The molecule has 0 heterocycles. The lowest BCUT2D eigenvalue weighted by molar-refractivity contribution is 0.101. The highest BCUT2D eigenvalue weighted by Gasteiger charge is 2.16. The first-order valence-corrected chi connectivity index (χ1v) is 8.12. The highest BCUT2D eigenvalue weighted by Crippen LogP contribution is 2.27. The number of nitrogens with one attached hydrogen (secondary N) is 1. The van der Waals surface area contributed by atoms with Gasteiger partial charge in [0, 0.05) is 10.6 Å². The lowest BCUT2D eigenvalue weighted by atomic mass is 10.2. The van der Waals surface area contributed by atoms with Gasteiger partial charge in [-0.25, -0.2) is 8.42 Å². The molecule has 0 amide bonds. The van der Waals surface area contributed by atoms with E-state index < -0.39 is 10.0 Å². The van der Waals surface area contributed by atoms with E-state index in [1.165, 1.54) is 43.3 Å². The van der Waals surface area contributed by atoms with Crippen LogP contribution < -0.4 is 4.72 Å². The minimum Gasteiger partial charge on any atom is -0.295 e. The summed E-state index contributed by atoms with van der Waals surface area (Å²) in [5.74, 6) is -0.134. The molecule has 2 rings (SSSR count). The Morgan fingerprint density at radius 2 is 1.67 bits per heavy atom. The van der Waals surface area contributed by atoms with E-state index in [9.17, 15) is 13.2 Å². The van der Waals surface area contributed by atoms with Gasteiger partial charge in [0.25, 0.3) is 10.0 Å². The number of carbonyl (C=O) groups is 1. The Labute approximate surface area is 132 Å². The number of rotatable bonds is 4. The maximum Gasteiger partial charge on any atom is 0.261 e. The van der Waals surface area contributed by atoms with Crippen molar-refractivity contribution in [2.75, 3.05) is 4.72 Å². The molecule has 4 nitrogen and oxygen atoms in total. The molecule has 2 aromatic rings. The van der Waals surface area contributed by atoms with Gasteiger partial charge in [-0.2, -0.15) is 0 Å². The number of hydrogen-bond donors (Lipinski definition) is 1. The first-order valence-electron chi connectivity index (χ1n) is 5.88. The van der Waals surface area contributed by atoms with Crippen molar-refractivity contribution in [3.8, 4) is 0 Å². The molecular weight excluding hydrogens is 333 g/mol. The van der Waals surface area contributed by atoms with Crippen molar-refractivity contribution in [1.29, 1.82) is 0 Å². The summed E-state index contributed by atoms with van der Waals surface area (Å²) in [7, 11) is -3.80. The lowest BCUT2D eigenvalue weighted by Gasteiger charge is -2.10. The van der Waals surface area contributed by atoms with E-state index in [1.807, 2.05) is 0 Å². The van der Waals surface area contributed by atoms with Gasteiger partial charge in [0.05, 0.1) is 15.6 Å². The Morgan fingerprint density at radius 3 is 2.24 bits per heavy atom. The predicted molar refractivity (Wildman–Crippen MR) is 83.7 cm³/mol. The zero-order valence-electron chi connectivity index (χ0n) is 10.9. The van der Waals surface area contributed by atoms with Crippen molar-refractivity contribution in [3.63, 3.8) is 0 Å². The molecule has 7 heteroatoms. The monoisotopic (exact) mass is 343 g/mol. The number of benzene rings is 2. The summed E-state index contributed by atoms with van der Waals surface area (Å²) in [6, 6.07) is 10.1. The van der Waals surface area contributed by atoms with Crippen molar-refractivity contribution in [2.24, 2.45) is 0 Å². The fourth-order valence-electron chi connectivity index (χ4n) is 1.65. The first kappa shape index (κ1) is 15.8. The number of ketones is 1. The van der Waals surface area contributed by atoms with Crippen molar-refractivity contribution in [1.82, 2.24) is 0 Å². The molecule has 0 spiro atoms. The molecule has 0 bridgehead atoms. The second-order valence-electron chi connectivity index (χ2n) is 4.31. The van der Waals surface area contributed by atoms with Gasteiger partial charge in [-0.1, -0.05) is 35.3 Å². The molecular formula is C14H11Cl2NO3S. The van der Waals surface area contributed by atoms with Crippen LogP contribution in [0.2, 0.25) is 10.0 Å². The van der Waals surface area contributed by atoms with Gasteiger partial charge in [0.2, 0.25) is 0 Å². The maximum absolute atomic E-state index is 12.2. The van der Waals surface area contributed by atoms with Gasteiger partial charge in [-0.3, -0.25) is 9.52 Å². The van der Waals surface area contributed by atoms with Crippen molar-refractivity contribution in [3.05, 3.63) is 58.1 Å². The van der Waals surface area contributed by atoms with E-state index in [-0.39, 0.29) is 21.4 Å². The normalized spacial score (nSPS) is 11.2. The number of carbonyl (C=O) groups excluding carboxylic acids is 1. The maximum atomic E-state index is 12.2. The fraction of sp³-hybridized carbons (Fsp3) is 0.0714.